The number of nitrogens with one attached hydrogen (secondary N) is 1. The molecule has 0 aliphatic carbocycles. The fourth-order valence-electron chi connectivity index (χ4n) is 2.24. The highest BCUT2D eigenvalue weighted by Crippen LogP contribution is 2.22. The van der Waals surface area contributed by atoms with Crippen LogP contribution in [0, 0.1) is 11.6 Å². The van der Waals surface area contributed by atoms with Crippen molar-refractivity contribution in [3.05, 3.63) is 82.4 Å². The number of thioether (sulfide) groups is 1. The van der Waals surface area contributed by atoms with Gasteiger partial charge in [-0.3, -0.25) is 4.79 Å². The van der Waals surface area contributed by atoms with Crippen molar-refractivity contribution in [2.75, 3.05) is 5.32 Å². The van der Waals surface area contributed by atoms with Crippen LogP contribution in [0.5, 0.6) is 0 Å². The van der Waals surface area contributed by atoms with E-state index in [4.69, 9.17) is 0 Å². The van der Waals surface area contributed by atoms with Crippen LogP contribution < -0.4 is 5.32 Å². The molecule has 3 nitrogen and oxygen atoms in total. The minimum Gasteiger partial charge on any atom is -0.302 e. The van der Waals surface area contributed by atoms with Crippen LogP contribution in [-0.2, 0) is 22.7 Å². The highest BCUT2D eigenvalue weighted by Gasteiger charge is 2.08. The van der Waals surface area contributed by atoms with E-state index in [1.54, 1.807) is 36.0 Å². The first-order chi connectivity index (χ1) is 12.6. The number of benzene rings is 2. The standard InChI is InChI=1S/C19H16F2N2OS2/c20-15-5-1-13(2-6-15)9-18(24)23-19-22-17(12-26-19)11-25-10-14-3-7-16(21)8-4-14/h1-8,12H,9-11H2,(H,22,23,24). The molecule has 0 spiro atoms. The van der Waals surface area contributed by atoms with Gasteiger partial charge in [0.2, 0.25) is 5.91 Å². The monoisotopic (exact) mass is 390 g/mol. The van der Waals surface area contributed by atoms with E-state index < -0.39 is 0 Å². The fraction of sp³-hybridized carbons (Fsp3) is 0.158. The minimum atomic E-state index is -0.322. The van der Waals surface area contributed by atoms with Crippen molar-refractivity contribution in [3.8, 4) is 0 Å². The number of hydrogen-bond donors (Lipinski definition) is 1. The Morgan fingerprint density at radius 1 is 0.962 bits per heavy atom. The third kappa shape index (κ3) is 5.64. The van der Waals surface area contributed by atoms with Gasteiger partial charge < -0.3 is 5.32 Å². The van der Waals surface area contributed by atoms with Crippen molar-refractivity contribution in [2.45, 2.75) is 17.9 Å². The summed E-state index contributed by atoms with van der Waals surface area (Å²) in [5, 5.41) is 5.22. The maximum absolute atomic E-state index is 12.9. The Morgan fingerprint density at radius 2 is 1.58 bits per heavy atom. The first-order valence-corrected chi connectivity index (χ1v) is 9.93. The second-order valence-electron chi connectivity index (χ2n) is 5.61. The molecule has 0 atom stereocenters. The summed E-state index contributed by atoms with van der Waals surface area (Å²) in [6.45, 7) is 0. The summed E-state index contributed by atoms with van der Waals surface area (Å²) in [6.07, 6.45) is 0.175. The van der Waals surface area contributed by atoms with Gasteiger partial charge in [0.15, 0.2) is 5.13 Å². The minimum absolute atomic E-state index is 0.175. The maximum atomic E-state index is 12.9. The van der Waals surface area contributed by atoms with Crippen molar-refractivity contribution in [3.63, 3.8) is 0 Å². The number of thiazole rings is 1. The van der Waals surface area contributed by atoms with Gasteiger partial charge in [-0.1, -0.05) is 24.3 Å². The first-order valence-electron chi connectivity index (χ1n) is 7.89. The Kier molecular flexibility index (Phi) is 6.35. The van der Waals surface area contributed by atoms with Gasteiger partial charge in [-0.05, 0) is 35.4 Å². The van der Waals surface area contributed by atoms with Gasteiger partial charge in [-0.2, -0.15) is 11.8 Å². The van der Waals surface area contributed by atoms with Crippen molar-refractivity contribution >= 4 is 34.1 Å². The molecule has 1 aromatic heterocycles. The van der Waals surface area contributed by atoms with Crippen LogP contribution in [0.2, 0.25) is 0 Å². The lowest BCUT2D eigenvalue weighted by molar-refractivity contribution is -0.115. The Balaban J connectivity index is 1.45. The number of halogens is 2. The zero-order chi connectivity index (χ0) is 18.4. The van der Waals surface area contributed by atoms with Gasteiger partial charge in [0.25, 0.3) is 0 Å². The normalized spacial score (nSPS) is 10.7. The molecule has 3 aromatic rings. The van der Waals surface area contributed by atoms with E-state index in [2.05, 4.69) is 10.3 Å². The number of anilines is 1. The molecule has 0 saturated carbocycles. The van der Waals surface area contributed by atoms with Crippen LogP contribution in [0.1, 0.15) is 16.8 Å². The third-order valence-electron chi connectivity index (χ3n) is 3.51. The molecule has 0 saturated heterocycles. The molecule has 1 N–H and O–H groups in total. The SMILES string of the molecule is O=C(Cc1ccc(F)cc1)Nc1nc(CSCc2ccc(F)cc2)cs1. The van der Waals surface area contributed by atoms with E-state index in [-0.39, 0.29) is 24.0 Å². The molecule has 0 radical (unpaired) electrons. The molecule has 0 bridgehead atoms. The molecule has 1 amide bonds. The van der Waals surface area contributed by atoms with Crippen molar-refractivity contribution < 1.29 is 13.6 Å². The highest BCUT2D eigenvalue weighted by atomic mass is 32.2. The second kappa shape index (κ2) is 8.91. The van der Waals surface area contributed by atoms with Crippen LogP contribution >= 0.6 is 23.1 Å². The summed E-state index contributed by atoms with van der Waals surface area (Å²) < 4.78 is 25.7. The van der Waals surface area contributed by atoms with Crippen LogP contribution in [0.15, 0.2) is 53.9 Å². The van der Waals surface area contributed by atoms with Gasteiger partial charge >= 0.3 is 0 Å². The zero-order valence-electron chi connectivity index (χ0n) is 13.7. The van der Waals surface area contributed by atoms with E-state index in [0.29, 0.717) is 10.9 Å². The summed E-state index contributed by atoms with van der Waals surface area (Å²) in [6, 6.07) is 12.3. The average Bonchev–Trinajstić information content (AvgIpc) is 3.06. The Bertz CT molecular complexity index is 864. The smallest absolute Gasteiger partial charge is 0.230 e. The Morgan fingerprint density at radius 3 is 2.23 bits per heavy atom. The van der Waals surface area contributed by atoms with Crippen molar-refractivity contribution in [1.82, 2.24) is 4.98 Å². The molecule has 0 fully saturated rings. The second-order valence-corrected chi connectivity index (χ2v) is 7.46. The van der Waals surface area contributed by atoms with Crippen LogP contribution in [-0.4, -0.2) is 10.9 Å². The molecule has 0 aliphatic rings. The summed E-state index contributed by atoms with van der Waals surface area (Å²) >= 11 is 3.05. The van der Waals surface area contributed by atoms with Crippen LogP contribution in [0.4, 0.5) is 13.9 Å². The predicted molar refractivity (Wildman–Crippen MR) is 102 cm³/mol. The number of carbonyl (C=O) groups excluding carboxylic acids is 1. The number of aromatic nitrogens is 1. The largest absolute Gasteiger partial charge is 0.302 e. The van der Waals surface area contributed by atoms with Crippen LogP contribution in [0.25, 0.3) is 0 Å². The maximum Gasteiger partial charge on any atom is 0.230 e. The van der Waals surface area contributed by atoms with Crippen molar-refractivity contribution in [2.24, 2.45) is 0 Å². The van der Waals surface area contributed by atoms with Crippen LogP contribution in [0.3, 0.4) is 0 Å². The predicted octanol–water partition coefficient (Wildman–Crippen LogP) is 5.04. The van der Waals surface area contributed by atoms with Gasteiger partial charge in [-0.15, -0.1) is 11.3 Å². The molecule has 1 heterocycles. The van der Waals surface area contributed by atoms with E-state index >= 15 is 0 Å². The number of carbonyl (C=O) groups is 1. The van der Waals surface area contributed by atoms with Gasteiger partial charge in [0.05, 0.1) is 12.1 Å². The van der Waals surface area contributed by atoms with Gasteiger partial charge in [0.1, 0.15) is 11.6 Å². The van der Waals surface area contributed by atoms with Gasteiger partial charge in [-0.25, -0.2) is 13.8 Å². The lowest BCUT2D eigenvalue weighted by Gasteiger charge is -2.02. The van der Waals surface area contributed by atoms with E-state index in [1.807, 2.05) is 5.38 Å². The lowest BCUT2D eigenvalue weighted by atomic mass is 10.1. The summed E-state index contributed by atoms with van der Waals surface area (Å²) in [5.41, 5.74) is 2.69. The fourth-order valence-corrected chi connectivity index (χ4v) is 3.96. The molecule has 7 heteroatoms. The zero-order valence-corrected chi connectivity index (χ0v) is 15.4. The van der Waals surface area contributed by atoms with E-state index in [1.165, 1.54) is 35.6 Å². The topological polar surface area (TPSA) is 42.0 Å². The Labute approximate surface area is 158 Å². The van der Waals surface area contributed by atoms with Gasteiger partial charge in [0, 0.05) is 16.9 Å². The van der Waals surface area contributed by atoms with E-state index in [9.17, 15) is 13.6 Å². The quantitative estimate of drug-likeness (QED) is 0.615. The highest BCUT2D eigenvalue weighted by molar-refractivity contribution is 7.97. The number of amides is 1. The summed E-state index contributed by atoms with van der Waals surface area (Å²) in [5.74, 6) is 0.735. The molecular formula is C19H16F2N2OS2. The number of hydrogen-bond acceptors (Lipinski definition) is 4. The molecule has 134 valence electrons. The first kappa shape index (κ1) is 18.5. The summed E-state index contributed by atoms with van der Waals surface area (Å²) in [4.78, 5) is 16.4. The molecule has 3 rings (SSSR count). The molecule has 0 unspecified atom stereocenters. The summed E-state index contributed by atoms with van der Waals surface area (Å²) in [7, 11) is 0. The van der Waals surface area contributed by atoms with E-state index in [0.717, 1.165) is 22.6 Å². The Hall–Kier alpha value is -2.25. The molecule has 0 aliphatic heterocycles. The molecular weight excluding hydrogens is 374 g/mol. The average molecular weight is 390 g/mol. The lowest BCUT2D eigenvalue weighted by Crippen LogP contribution is -2.14. The number of nitrogens with zero attached hydrogens (tertiary/aromatic N) is 1. The van der Waals surface area contributed by atoms with Crippen molar-refractivity contribution in [1.29, 1.82) is 0 Å². The molecule has 2 aromatic carbocycles. The molecule has 26 heavy (non-hydrogen) atoms. The third-order valence-corrected chi connectivity index (χ3v) is 5.35. The number of rotatable bonds is 7.